The Morgan fingerprint density at radius 2 is 1.84 bits per heavy atom. The van der Waals surface area contributed by atoms with Gasteiger partial charge in [-0.05, 0) is 67.8 Å². The third-order valence-corrected chi connectivity index (χ3v) is 6.30. The largest absolute Gasteiger partial charge is 0.472 e. The van der Waals surface area contributed by atoms with E-state index in [9.17, 15) is 0 Å². The van der Waals surface area contributed by atoms with Gasteiger partial charge in [-0.25, -0.2) is 0 Å². The normalized spacial score (nSPS) is 18.6. The SMILES string of the molecule is Cc1c(-c2ccoc2)c2cccc3ccc4c(c1=CC(C)(C)C4C)c32. The summed E-state index contributed by atoms with van der Waals surface area (Å²) in [6.45, 7) is 9.32. The molecule has 0 amide bonds. The van der Waals surface area contributed by atoms with Crippen LogP contribution in [-0.4, -0.2) is 0 Å². The van der Waals surface area contributed by atoms with Crippen LogP contribution >= 0.6 is 0 Å². The van der Waals surface area contributed by atoms with Crippen molar-refractivity contribution < 1.29 is 4.42 Å². The standard InChI is InChI=1S/C24H22O/c1-14-20-12-24(3,4)15(2)18-9-8-16-6-5-7-19(22(16)23(18)20)21(14)17-10-11-25-13-17/h5-13,15H,1-4H3. The molecule has 0 saturated carbocycles. The summed E-state index contributed by atoms with van der Waals surface area (Å²) >= 11 is 0. The monoisotopic (exact) mass is 326 g/mol. The minimum absolute atomic E-state index is 0.144. The van der Waals surface area contributed by atoms with E-state index in [-0.39, 0.29) is 5.41 Å². The van der Waals surface area contributed by atoms with Gasteiger partial charge in [-0.15, -0.1) is 0 Å². The van der Waals surface area contributed by atoms with Gasteiger partial charge in [0, 0.05) is 5.56 Å². The van der Waals surface area contributed by atoms with Crippen LogP contribution in [0.25, 0.3) is 38.7 Å². The lowest BCUT2D eigenvalue weighted by molar-refractivity contribution is 0.423. The molecule has 3 aromatic carbocycles. The minimum atomic E-state index is 0.144. The molecule has 1 heterocycles. The van der Waals surface area contributed by atoms with Crippen LogP contribution in [0.2, 0.25) is 0 Å². The third-order valence-electron chi connectivity index (χ3n) is 6.30. The lowest BCUT2D eigenvalue weighted by atomic mass is 9.69. The molecule has 4 aromatic rings. The summed E-state index contributed by atoms with van der Waals surface area (Å²) in [6.07, 6.45) is 6.12. The summed E-state index contributed by atoms with van der Waals surface area (Å²) in [4.78, 5) is 0. The Kier molecular flexibility index (Phi) is 2.81. The highest BCUT2D eigenvalue weighted by Crippen LogP contribution is 2.45. The molecule has 0 radical (unpaired) electrons. The van der Waals surface area contributed by atoms with E-state index in [1.165, 1.54) is 49.0 Å². The Morgan fingerprint density at radius 3 is 2.60 bits per heavy atom. The van der Waals surface area contributed by atoms with Crippen LogP contribution in [0.5, 0.6) is 0 Å². The van der Waals surface area contributed by atoms with Crippen LogP contribution in [0, 0.1) is 12.3 Å². The number of rotatable bonds is 1. The fourth-order valence-electron chi connectivity index (χ4n) is 4.64. The van der Waals surface area contributed by atoms with Crippen molar-refractivity contribution in [2.45, 2.75) is 33.6 Å². The van der Waals surface area contributed by atoms with E-state index in [1.54, 1.807) is 6.26 Å². The summed E-state index contributed by atoms with van der Waals surface area (Å²) in [7, 11) is 0. The van der Waals surface area contributed by atoms with Crippen LogP contribution in [0.1, 0.15) is 37.8 Å². The molecule has 1 aliphatic carbocycles. The summed E-state index contributed by atoms with van der Waals surface area (Å²) in [5, 5.41) is 6.90. The fraction of sp³-hybridized carbons (Fsp3) is 0.250. The van der Waals surface area contributed by atoms with Crippen molar-refractivity contribution in [2.24, 2.45) is 5.41 Å². The van der Waals surface area contributed by atoms with Gasteiger partial charge in [-0.2, -0.15) is 0 Å². The first-order chi connectivity index (χ1) is 12.0. The maximum atomic E-state index is 5.41. The van der Waals surface area contributed by atoms with Crippen molar-refractivity contribution in [2.75, 3.05) is 0 Å². The Hall–Kier alpha value is -2.54. The molecule has 0 spiro atoms. The third kappa shape index (κ3) is 1.84. The summed E-state index contributed by atoms with van der Waals surface area (Å²) in [5.41, 5.74) is 5.45. The predicted octanol–water partition coefficient (Wildman–Crippen LogP) is 6.20. The van der Waals surface area contributed by atoms with E-state index in [4.69, 9.17) is 4.42 Å². The Labute approximate surface area is 147 Å². The molecule has 1 aromatic heterocycles. The molecular weight excluding hydrogens is 304 g/mol. The van der Waals surface area contributed by atoms with E-state index < -0.39 is 0 Å². The lowest BCUT2D eigenvalue weighted by Gasteiger charge is -2.35. The lowest BCUT2D eigenvalue weighted by Crippen LogP contribution is -2.28. The number of hydrogen-bond donors (Lipinski definition) is 0. The topological polar surface area (TPSA) is 13.1 Å². The number of benzene rings is 3. The van der Waals surface area contributed by atoms with Crippen molar-refractivity contribution in [3.05, 3.63) is 65.3 Å². The molecule has 5 rings (SSSR count). The van der Waals surface area contributed by atoms with Gasteiger partial charge in [0.05, 0.1) is 12.5 Å². The van der Waals surface area contributed by atoms with Gasteiger partial charge >= 0.3 is 0 Å². The predicted molar refractivity (Wildman–Crippen MR) is 106 cm³/mol. The van der Waals surface area contributed by atoms with Gasteiger partial charge in [-0.3, -0.25) is 0 Å². The number of furan rings is 1. The fourth-order valence-corrected chi connectivity index (χ4v) is 4.64. The Bertz CT molecular complexity index is 1180. The van der Waals surface area contributed by atoms with Gasteiger partial charge in [0.25, 0.3) is 0 Å². The first-order valence-electron chi connectivity index (χ1n) is 9.02. The van der Waals surface area contributed by atoms with E-state index >= 15 is 0 Å². The maximum Gasteiger partial charge on any atom is 0.0981 e. The van der Waals surface area contributed by atoms with E-state index in [2.05, 4.69) is 70.2 Å². The molecule has 1 unspecified atom stereocenters. The van der Waals surface area contributed by atoms with Gasteiger partial charge in [0.2, 0.25) is 0 Å². The molecule has 124 valence electrons. The van der Waals surface area contributed by atoms with Crippen LogP contribution in [0.3, 0.4) is 0 Å². The van der Waals surface area contributed by atoms with Crippen molar-refractivity contribution in [3.8, 4) is 11.1 Å². The van der Waals surface area contributed by atoms with Crippen LogP contribution in [-0.2, 0) is 0 Å². The van der Waals surface area contributed by atoms with Crippen molar-refractivity contribution >= 4 is 27.6 Å². The smallest absolute Gasteiger partial charge is 0.0981 e. The van der Waals surface area contributed by atoms with E-state index in [0.717, 1.165) is 0 Å². The van der Waals surface area contributed by atoms with Crippen LogP contribution in [0.4, 0.5) is 0 Å². The molecule has 1 atom stereocenters. The molecule has 25 heavy (non-hydrogen) atoms. The molecule has 0 N–H and O–H groups in total. The summed E-state index contributed by atoms with van der Waals surface area (Å²) in [6, 6.07) is 13.4. The Morgan fingerprint density at radius 1 is 1.00 bits per heavy atom. The average molecular weight is 326 g/mol. The van der Waals surface area contributed by atoms with Crippen molar-refractivity contribution in [1.82, 2.24) is 0 Å². The molecule has 1 nitrogen and oxygen atoms in total. The van der Waals surface area contributed by atoms with Gasteiger partial charge in [-0.1, -0.05) is 57.2 Å². The molecule has 0 saturated heterocycles. The minimum Gasteiger partial charge on any atom is -0.472 e. The second-order valence-corrected chi connectivity index (χ2v) is 8.05. The summed E-state index contributed by atoms with van der Waals surface area (Å²) in [5.74, 6) is 0.506. The zero-order chi connectivity index (χ0) is 17.3. The molecule has 0 bridgehead atoms. The molecule has 0 aliphatic heterocycles. The van der Waals surface area contributed by atoms with E-state index in [0.29, 0.717) is 5.92 Å². The molecule has 0 fully saturated rings. The summed E-state index contributed by atoms with van der Waals surface area (Å²) < 4.78 is 5.41. The zero-order valence-electron chi connectivity index (χ0n) is 15.2. The van der Waals surface area contributed by atoms with Gasteiger partial charge < -0.3 is 4.42 Å². The quantitative estimate of drug-likeness (QED) is 0.405. The van der Waals surface area contributed by atoms with Crippen LogP contribution in [0.15, 0.2) is 53.3 Å². The van der Waals surface area contributed by atoms with Crippen molar-refractivity contribution in [1.29, 1.82) is 0 Å². The highest BCUT2D eigenvalue weighted by molar-refractivity contribution is 6.17. The first kappa shape index (κ1) is 14.8. The molecule has 1 heteroatoms. The zero-order valence-corrected chi connectivity index (χ0v) is 15.2. The Balaban J connectivity index is 2.12. The number of hydrogen-bond acceptors (Lipinski definition) is 1. The molecular formula is C24H22O. The maximum absolute atomic E-state index is 5.41. The van der Waals surface area contributed by atoms with Gasteiger partial charge in [0.1, 0.15) is 0 Å². The highest BCUT2D eigenvalue weighted by Gasteiger charge is 2.31. The van der Waals surface area contributed by atoms with E-state index in [1.807, 2.05) is 6.26 Å². The highest BCUT2D eigenvalue weighted by atomic mass is 16.3. The second kappa shape index (κ2) is 4.76. The second-order valence-electron chi connectivity index (χ2n) is 8.05. The first-order valence-corrected chi connectivity index (χ1v) is 9.02. The average Bonchev–Trinajstić information content (AvgIpc) is 3.11. The van der Waals surface area contributed by atoms with Crippen LogP contribution < -0.4 is 5.22 Å². The van der Waals surface area contributed by atoms with Gasteiger partial charge in [0.15, 0.2) is 0 Å². The molecule has 1 aliphatic rings. The van der Waals surface area contributed by atoms with Crippen molar-refractivity contribution in [3.63, 3.8) is 0 Å².